The van der Waals surface area contributed by atoms with Gasteiger partial charge in [-0.1, -0.05) is 6.07 Å². The van der Waals surface area contributed by atoms with Gasteiger partial charge in [0.25, 0.3) is 0 Å². The van der Waals surface area contributed by atoms with Crippen molar-refractivity contribution in [2.45, 2.75) is 19.9 Å². The molecule has 0 bridgehead atoms. The predicted octanol–water partition coefficient (Wildman–Crippen LogP) is 2.92. The van der Waals surface area contributed by atoms with Gasteiger partial charge in [-0.3, -0.25) is 0 Å². The summed E-state index contributed by atoms with van der Waals surface area (Å²) in [5.74, 6) is 2.34. The fraction of sp³-hybridized carbons (Fsp3) is 0.278. The molecule has 3 N–H and O–H groups in total. The maximum atomic E-state index is 11.5. The minimum absolute atomic E-state index is 0.0570. The lowest BCUT2D eigenvalue weighted by atomic mass is 10.1. The van der Waals surface area contributed by atoms with Crippen LogP contribution in [0.1, 0.15) is 17.1 Å². The SMILES string of the molecule is Cc1ccc(CNc2nc3cccc(N)c3cc2CCS(C)(=O)=O)o1. The minimum Gasteiger partial charge on any atom is -0.465 e. The molecule has 25 heavy (non-hydrogen) atoms. The fourth-order valence-corrected chi connectivity index (χ4v) is 3.24. The standard InChI is InChI=1S/C18H21N3O3S/c1-12-6-7-14(24-12)11-20-18-13(8-9-25(2,22)23)10-15-16(19)4-3-5-17(15)21-18/h3-7,10H,8-9,11,19H2,1-2H3,(H,20,21). The lowest BCUT2D eigenvalue weighted by Crippen LogP contribution is -2.10. The Bertz CT molecular complexity index is 1010. The van der Waals surface area contributed by atoms with Crippen molar-refractivity contribution in [3.63, 3.8) is 0 Å². The third kappa shape index (κ3) is 4.30. The van der Waals surface area contributed by atoms with Crippen LogP contribution in [0.3, 0.4) is 0 Å². The van der Waals surface area contributed by atoms with Crippen molar-refractivity contribution in [1.82, 2.24) is 4.98 Å². The molecule has 132 valence electrons. The van der Waals surface area contributed by atoms with E-state index in [-0.39, 0.29) is 5.75 Å². The molecule has 0 atom stereocenters. The summed E-state index contributed by atoms with van der Waals surface area (Å²) < 4.78 is 28.7. The second-order valence-electron chi connectivity index (χ2n) is 6.16. The van der Waals surface area contributed by atoms with Crippen molar-refractivity contribution in [3.05, 3.63) is 53.5 Å². The van der Waals surface area contributed by atoms with Gasteiger partial charge in [0, 0.05) is 17.3 Å². The highest BCUT2D eigenvalue weighted by Crippen LogP contribution is 2.26. The monoisotopic (exact) mass is 359 g/mol. The summed E-state index contributed by atoms with van der Waals surface area (Å²) in [4.78, 5) is 4.63. The molecule has 0 fully saturated rings. The summed E-state index contributed by atoms with van der Waals surface area (Å²) >= 11 is 0. The van der Waals surface area contributed by atoms with E-state index < -0.39 is 9.84 Å². The van der Waals surface area contributed by atoms with E-state index in [9.17, 15) is 8.42 Å². The van der Waals surface area contributed by atoms with Crippen LogP contribution in [0.25, 0.3) is 10.9 Å². The fourth-order valence-electron chi connectivity index (χ4n) is 2.65. The average molecular weight is 359 g/mol. The van der Waals surface area contributed by atoms with Crippen LogP contribution < -0.4 is 11.1 Å². The molecule has 0 spiro atoms. The number of aromatic nitrogens is 1. The summed E-state index contributed by atoms with van der Waals surface area (Å²) in [6.07, 6.45) is 1.60. The van der Waals surface area contributed by atoms with Crippen LogP contribution in [0.15, 0.2) is 40.8 Å². The van der Waals surface area contributed by atoms with Crippen LogP contribution in [-0.2, 0) is 22.8 Å². The van der Waals surface area contributed by atoms with Crippen molar-refractivity contribution < 1.29 is 12.8 Å². The molecule has 0 saturated carbocycles. The van der Waals surface area contributed by atoms with E-state index in [1.54, 1.807) is 0 Å². The molecule has 0 saturated heterocycles. The summed E-state index contributed by atoms with van der Waals surface area (Å²) in [7, 11) is -3.07. The van der Waals surface area contributed by atoms with Crippen LogP contribution in [-0.4, -0.2) is 25.4 Å². The number of nitrogens with zero attached hydrogens (tertiary/aromatic N) is 1. The molecule has 2 aromatic heterocycles. The number of sulfone groups is 1. The zero-order valence-corrected chi connectivity index (χ0v) is 15.1. The van der Waals surface area contributed by atoms with Crippen molar-refractivity contribution in [3.8, 4) is 0 Å². The first-order valence-corrected chi connectivity index (χ1v) is 10.0. The third-order valence-corrected chi connectivity index (χ3v) is 4.89. The summed E-state index contributed by atoms with van der Waals surface area (Å²) in [5.41, 5.74) is 8.24. The van der Waals surface area contributed by atoms with Crippen LogP contribution in [0, 0.1) is 6.92 Å². The highest BCUT2D eigenvalue weighted by molar-refractivity contribution is 7.90. The van der Waals surface area contributed by atoms with E-state index >= 15 is 0 Å². The van der Waals surface area contributed by atoms with E-state index in [1.165, 1.54) is 6.26 Å². The van der Waals surface area contributed by atoms with Crippen LogP contribution in [0.5, 0.6) is 0 Å². The van der Waals surface area contributed by atoms with Gasteiger partial charge >= 0.3 is 0 Å². The topological polar surface area (TPSA) is 98.2 Å². The van der Waals surface area contributed by atoms with Crippen LogP contribution in [0.4, 0.5) is 11.5 Å². The lowest BCUT2D eigenvalue weighted by Gasteiger charge is -2.13. The quantitative estimate of drug-likeness (QED) is 0.657. The number of rotatable bonds is 6. The van der Waals surface area contributed by atoms with E-state index in [1.807, 2.05) is 43.3 Å². The Labute approximate surface area is 147 Å². The Morgan fingerprint density at radius 2 is 2.04 bits per heavy atom. The molecule has 3 rings (SSSR count). The van der Waals surface area contributed by atoms with Gasteiger partial charge in [-0.05, 0) is 49.2 Å². The highest BCUT2D eigenvalue weighted by atomic mass is 32.2. The molecule has 0 amide bonds. The molecule has 1 aromatic carbocycles. The maximum absolute atomic E-state index is 11.5. The molecular weight excluding hydrogens is 338 g/mol. The number of fused-ring (bicyclic) bond motifs is 1. The molecule has 0 aliphatic heterocycles. The molecule has 0 aliphatic carbocycles. The second-order valence-corrected chi connectivity index (χ2v) is 8.42. The molecule has 0 unspecified atom stereocenters. The van der Waals surface area contributed by atoms with E-state index in [0.29, 0.717) is 24.5 Å². The first-order valence-electron chi connectivity index (χ1n) is 7.97. The van der Waals surface area contributed by atoms with E-state index in [0.717, 1.165) is 28.0 Å². The number of hydrogen-bond acceptors (Lipinski definition) is 6. The summed E-state index contributed by atoms with van der Waals surface area (Å²) in [6.45, 7) is 2.36. The minimum atomic E-state index is -3.07. The summed E-state index contributed by atoms with van der Waals surface area (Å²) in [6, 6.07) is 11.3. The highest BCUT2D eigenvalue weighted by Gasteiger charge is 2.12. The molecular formula is C18H21N3O3S. The molecule has 2 heterocycles. The predicted molar refractivity (Wildman–Crippen MR) is 100 cm³/mol. The van der Waals surface area contributed by atoms with Crippen LogP contribution in [0.2, 0.25) is 0 Å². The maximum Gasteiger partial charge on any atom is 0.147 e. The van der Waals surface area contributed by atoms with E-state index in [4.69, 9.17) is 10.2 Å². The Morgan fingerprint density at radius 1 is 1.24 bits per heavy atom. The first kappa shape index (κ1) is 17.3. The average Bonchev–Trinajstić information content (AvgIpc) is 2.96. The van der Waals surface area contributed by atoms with Gasteiger partial charge in [-0.15, -0.1) is 0 Å². The van der Waals surface area contributed by atoms with Gasteiger partial charge in [0.05, 0.1) is 17.8 Å². The lowest BCUT2D eigenvalue weighted by molar-refractivity contribution is 0.490. The zero-order chi connectivity index (χ0) is 18.0. The molecule has 0 radical (unpaired) electrons. The molecule has 3 aromatic rings. The number of nitrogens with one attached hydrogen (secondary N) is 1. The Balaban J connectivity index is 1.94. The number of furan rings is 1. The number of benzene rings is 1. The van der Waals surface area contributed by atoms with Gasteiger partial charge in [-0.2, -0.15) is 0 Å². The first-order chi connectivity index (χ1) is 11.8. The number of nitrogen functional groups attached to an aromatic ring is 1. The van der Waals surface area contributed by atoms with Crippen molar-refractivity contribution >= 4 is 32.2 Å². The number of pyridine rings is 1. The van der Waals surface area contributed by atoms with Crippen molar-refractivity contribution in [2.75, 3.05) is 23.1 Å². The molecule has 0 aliphatic rings. The smallest absolute Gasteiger partial charge is 0.147 e. The van der Waals surface area contributed by atoms with Crippen LogP contribution >= 0.6 is 0 Å². The van der Waals surface area contributed by atoms with Gasteiger partial charge in [0.1, 0.15) is 27.2 Å². The number of anilines is 2. The second kappa shape index (κ2) is 6.76. The van der Waals surface area contributed by atoms with Gasteiger partial charge in [0.2, 0.25) is 0 Å². The summed E-state index contributed by atoms with van der Waals surface area (Å²) in [5, 5.41) is 4.07. The normalized spacial score (nSPS) is 11.8. The van der Waals surface area contributed by atoms with Gasteiger partial charge in [-0.25, -0.2) is 13.4 Å². The Hall–Kier alpha value is -2.54. The largest absolute Gasteiger partial charge is 0.465 e. The van der Waals surface area contributed by atoms with Gasteiger partial charge < -0.3 is 15.5 Å². The van der Waals surface area contributed by atoms with Crippen molar-refractivity contribution in [2.24, 2.45) is 0 Å². The Morgan fingerprint density at radius 3 is 2.72 bits per heavy atom. The number of aryl methyl sites for hydroxylation is 2. The number of nitrogens with two attached hydrogens (primary N) is 1. The zero-order valence-electron chi connectivity index (χ0n) is 14.2. The third-order valence-electron chi connectivity index (χ3n) is 3.94. The van der Waals surface area contributed by atoms with E-state index in [2.05, 4.69) is 10.3 Å². The molecule has 6 nitrogen and oxygen atoms in total. The van der Waals surface area contributed by atoms with Gasteiger partial charge in [0.15, 0.2) is 0 Å². The Kier molecular flexibility index (Phi) is 4.67. The van der Waals surface area contributed by atoms with Crippen molar-refractivity contribution in [1.29, 1.82) is 0 Å². The molecule has 7 heteroatoms. The number of hydrogen-bond donors (Lipinski definition) is 2.